The topological polar surface area (TPSA) is 39.1 Å². The summed E-state index contributed by atoms with van der Waals surface area (Å²) in [5.41, 5.74) is 3.66. The number of ether oxygens (including phenoxy) is 1. The summed E-state index contributed by atoms with van der Waals surface area (Å²) in [4.78, 5) is 0. The van der Waals surface area contributed by atoms with Gasteiger partial charge in [0.25, 0.3) is 0 Å². The average molecular weight is 287 g/mol. The second-order valence-corrected chi connectivity index (χ2v) is 5.75. The first-order valence-corrected chi connectivity index (χ1v) is 7.41. The second kappa shape index (κ2) is 6.76. The van der Waals surface area contributed by atoms with Crippen molar-refractivity contribution in [2.24, 2.45) is 7.05 Å². The van der Waals surface area contributed by atoms with Crippen LogP contribution in [0.15, 0.2) is 30.5 Å². The molecule has 0 unspecified atom stereocenters. The summed E-state index contributed by atoms with van der Waals surface area (Å²) in [6, 6.07) is 8.45. The number of rotatable bonds is 6. The van der Waals surface area contributed by atoms with Crippen molar-refractivity contribution in [3.8, 4) is 5.75 Å². The molecule has 0 amide bonds. The first-order valence-electron chi connectivity index (χ1n) is 7.41. The Balaban J connectivity index is 2.05. The van der Waals surface area contributed by atoms with Gasteiger partial charge < -0.3 is 10.1 Å². The third-order valence-corrected chi connectivity index (χ3v) is 3.68. The number of aryl methyl sites for hydroxylation is 1. The predicted octanol–water partition coefficient (Wildman–Crippen LogP) is 3.40. The third-order valence-electron chi connectivity index (χ3n) is 3.68. The quantitative estimate of drug-likeness (QED) is 0.885. The Bertz CT molecular complexity index is 589. The number of nitrogens with one attached hydrogen (secondary N) is 1. The van der Waals surface area contributed by atoms with Crippen LogP contribution in [-0.2, 0) is 13.6 Å². The molecule has 2 aromatic rings. The molecule has 0 aliphatic carbocycles. The molecule has 1 aromatic heterocycles. The van der Waals surface area contributed by atoms with Gasteiger partial charge in [0, 0.05) is 31.4 Å². The zero-order valence-electron chi connectivity index (χ0n) is 13.6. The molecule has 0 radical (unpaired) electrons. The molecule has 0 aliphatic rings. The molecule has 0 saturated heterocycles. The largest absolute Gasteiger partial charge is 0.497 e. The third kappa shape index (κ3) is 3.85. The van der Waals surface area contributed by atoms with Crippen molar-refractivity contribution >= 4 is 0 Å². The molecule has 1 atom stereocenters. The van der Waals surface area contributed by atoms with Crippen LogP contribution in [0, 0.1) is 0 Å². The Labute approximate surface area is 127 Å². The van der Waals surface area contributed by atoms with Crippen molar-refractivity contribution in [1.82, 2.24) is 15.1 Å². The van der Waals surface area contributed by atoms with E-state index in [-0.39, 0.29) is 6.04 Å². The smallest absolute Gasteiger partial charge is 0.119 e. The summed E-state index contributed by atoms with van der Waals surface area (Å²) in [6.45, 7) is 7.34. The summed E-state index contributed by atoms with van der Waals surface area (Å²) in [5.74, 6) is 1.33. The number of hydrogen-bond donors (Lipinski definition) is 1. The van der Waals surface area contributed by atoms with Crippen LogP contribution in [0.1, 0.15) is 49.6 Å². The monoisotopic (exact) mass is 287 g/mol. The van der Waals surface area contributed by atoms with E-state index >= 15 is 0 Å². The van der Waals surface area contributed by atoms with Gasteiger partial charge in [0.1, 0.15) is 5.75 Å². The maximum atomic E-state index is 5.28. The second-order valence-electron chi connectivity index (χ2n) is 5.75. The molecule has 0 fully saturated rings. The highest BCUT2D eigenvalue weighted by Gasteiger charge is 2.13. The minimum absolute atomic E-state index is 0.264. The lowest BCUT2D eigenvalue weighted by Crippen LogP contribution is -2.18. The van der Waals surface area contributed by atoms with Crippen molar-refractivity contribution < 1.29 is 4.74 Å². The van der Waals surface area contributed by atoms with Crippen LogP contribution in [0.25, 0.3) is 0 Å². The fraction of sp³-hybridized carbons (Fsp3) is 0.471. The molecule has 4 heteroatoms. The van der Waals surface area contributed by atoms with Gasteiger partial charge >= 0.3 is 0 Å². The molecule has 21 heavy (non-hydrogen) atoms. The van der Waals surface area contributed by atoms with Crippen LogP contribution in [0.5, 0.6) is 5.75 Å². The van der Waals surface area contributed by atoms with E-state index in [1.807, 2.05) is 23.9 Å². The van der Waals surface area contributed by atoms with E-state index in [0.29, 0.717) is 5.92 Å². The molecule has 0 saturated carbocycles. The van der Waals surface area contributed by atoms with Crippen LogP contribution >= 0.6 is 0 Å². The summed E-state index contributed by atoms with van der Waals surface area (Å²) in [5, 5.41) is 8.11. The first-order chi connectivity index (χ1) is 10.0. The van der Waals surface area contributed by atoms with E-state index < -0.39 is 0 Å². The Hall–Kier alpha value is -1.81. The van der Waals surface area contributed by atoms with Crippen molar-refractivity contribution in [3.05, 3.63) is 47.3 Å². The molecule has 0 aliphatic heterocycles. The van der Waals surface area contributed by atoms with Crippen LogP contribution in [0.3, 0.4) is 0 Å². The maximum absolute atomic E-state index is 5.28. The zero-order valence-corrected chi connectivity index (χ0v) is 13.6. The normalized spacial score (nSPS) is 12.7. The Morgan fingerprint density at radius 2 is 2.05 bits per heavy atom. The molecule has 0 bridgehead atoms. The van der Waals surface area contributed by atoms with Crippen LogP contribution in [-0.4, -0.2) is 16.9 Å². The molecule has 2 rings (SSSR count). The SMILES string of the molecule is COc1cccc([C@H](C)NCc2cn(C)nc2C(C)C)c1. The minimum Gasteiger partial charge on any atom is -0.497 e. The fourth-order valence-corrected chi connectivity index (χ4v) is 2.47. The van der Waals surface area contributed by atoms with Crippen molar-refractivity contribution in [3.63, 3.8) is 0 Å². The van der Waals surface area contributed by atoms with Crippen LogP contribution in [0.4, 0.5) is 0 Å². The van der Waals surface area contributed by atoms with E-state index in [2.05, 4.69) is 49.5 Å². The highest BCUT2D eigenvalue weighted by molar-refractivity contribution is 5.30. The van der Waals surface area contributed by atoms with Crippen LogP contribution in [0.2, 0.25) is 0 Å². The van der Waals surface area contributed by atoms with E-state index in [1.165, 1.54) is 16.8 Å². The van der Waals surface area contributed by atoms with Gasteiger partial charge in [0.2, 0.25) is 0 Å². The Morgan fingerprint density at radius 1 is 1.29 bits per heavy atom. The molecule has 1 N–H and O–H groups in total. The highest BCUT2D eigenvalue weighted by Crippen LogP contribution is 2.21. The lowest BCUT2D eigenvalue weighted by atomic mass is 10.0. The number of benzene rings is 1. The maximum Gasteiger partial charge on any atom is 0.119 e. The number of methoxy groups -OCH3 is 1. The summed E-state index contributed by atoms with van der Waals surface area (Å²) >= 11 is 0. The van der Waals surface area contributed by atoms with Crippen molar-refractivity contribution in [1.29, 1.82) is 0 Å². The molecule has 114 valence electrons. The van der Waals surface area contributed by atoms with Crippen molar-refractivity contribution in [2.75, 3.05) is 7.11 Å². The molecule has 1 aromatic carbocycles. The number of hydrogen-bond acceptors (Lipinski definition) is 3. The fourth-order valence-electron chi connectivity index (χ4n) is 2.47. The molecular formula is C17H25N3O. The van der Waals surface area contributed by atoms with Gasteiger partial charge in [-0.25, -0.2) is 0 Å². The van der Waals surface area contributed by atoms with Gasteiger partial charge in [0.05, 0.1) is 12.8 Å². The summed E-state index contributed by atoms with van der Waals surface area (Å²) in [6.07, 6.45) is 2.10. The number of aromatic nitrogens is 2. The first kappa shape index (κ1) is 15.6. The van der Waals surface area contributed by atoms with E-state index in [0.717, 1.165) is 12.3 Å². The molecular weight excluding hydrogens is 262 g/mol. The summed E-state index contributed by atoms with van der Waals surface area (Å²) in [7, 11) is 3.67. The Kier molecular flexibility index (Phi) is 5.02. The minimum atomic E-state index is 0.264. The number of nitrogens with zero attached hydrogens (tertiary/aromatic N) is 2. The van der Waals surface area contributed by atoms with Gasteiger partial charge in [-0.15, -0.1) is 0 Å². The summed E-state index contributed by atoms with van der Waals surface area (Å²) < 4.78 is 7.17. The molecule has 1 heterocycles. The van der Waals surface area contributed by atoms with Crippen molar-refractivity contribution in [2.45, 2.75) is 39.3 Å². The molecule has 4 nitrogen and oxygen atoms in total. The lowest BCUT2D eigenvalue weighted by molar-refractivity contribution is 0.413. The molecule has 0 spiro atoms. The van der Waals surface area contributed by atoms with E-state index in [9.17, 15) is 0 Å². The highest BCUT2D eigenvalue weighted by atomic mass is 16.5. The van der Waals surface area contributed by atoms with Gasteiger partial charge in [0.15, 0.2) is 0 Å². The van der Waals surface area contributed by atoms with E-state index in [4.69, 9.17) is 4.74 Å². The van der Waals surface area contributed by atoms with Gasteiger partial charge in [-0.3, -0.25) is 4.68 Å². The Morgan fingerprint density at radius 3 is 2.71 bits per heavy atom. The van der Waals surface area contributed by atoms with Gasteiger partial charge in [-0.05, 0) is 30.5 Å². The van der Waals surface area contributed by atoms with Crippen LogP contribution < -0.4 is 10.1 Å². The lowest BCUT2D eigenvalue weighted by Gasteiger charge is -2.15. The predicted molar refractivity (Wildman–Crippen MR) is 85.5 cm³/mol. The average Bonchev–Trinajstić information content (AvgIpc) is 2.86. The van der Waals surface area contributed by atoms with E-state index in [1.54, 1.807) is 7.11 Å². The zero-order chi connectivity index (χ0) is 15.4. The van der Waals surface area contributed by atoms with Gasteiger partial charge in [-0.1, -0.05) is 26.0 Å². The van der Waals surface area contributed by atoms with Gasteiger partial charge in [-0.2, -0.15) is 5.10 Å². The standard InChI is InChI=1S/C17H25N3O/c1-12(2)17-15(11-20(4)19-17)10-18-13(3)14-7-6-8-16(9-14)21-5/h6-9,11-13,18H,10H2,1-5H3/t13-/m0/s1.